The molecular formula is C23H24F2N4OS. The Hall–Kier alpha value is -2.68. The second-order valence-corrected chi connectivity index (χ2v) is 8.73. The lowest BCUT2D eigenvalue weighted by molar-refractivity contribution is 0.0796. The van der Waals surface area contributed by atoms with Crippen molar-refractivity contribution in [1.29, 1.82) is 0 Å². The summed E-state index contributed by atoms with van der Waals surface area (Å²) < 4.78 is 27.1. The van der Waals surface area contributed by atoms with Gasteiger partial charge in [0, 0.05) is 31.2 Å². The number of hydrogen-bond acceptors (Lipinski definition) is 5. The molecule has 1 aliphatic heterocycles. The van der Waals surface area contributed by atoms with Gasteiger partial charge in [-0.3, -0.25) is 15.6 Å². The number of halogens is 2. The van der Waals surface area contributed by atoms with Crippen LogP contribution in [0.1, 0.15) is 40.5 Å². The maximum atomic E-state index is 14.0. The third kappa shape index (κ3) is 5.15. The van der Waals surface area contributed by atoms with Crippen LogP contribution in [0.5, 0.6) is 0 Å². The molecule has 4 rings (SSSR count). The fourth-order valence-electron chi connectivity index (χ4n) is 3.72. The monoisotopic (exact) mass is 442 g/mol. The van der Waals surface area contributed by atoms with Crippen LogP contribution in [0.15, 0.2) is 54.7 Å². The Bertz CT molecular complexity index is 1040. The largest absolute Gasteiger partial charge is 0.341 e. The Morgan fingerprint density at radius 3 is 2.71 bits per heavy atom. The van der Waals surface area contributed by atoms with Crippen LogP contribution in [-0.2, 0) is 0 Å². The molecule has 1 saturated heterocycles. The Balaban J connectivity index is 1.26. The Morgan fingerprint density at radius 1 is 1.16 bits per heavy atom. The molecular weight excluding hydrogens is 418 g/mol. The molecule has 0 saturated carbocycles. The zero-order valence-corrected chi connectivity index (χ0v) is 18.0. The number of rotatable bonds is 7. The quantitative estimate of drug-likeness (QED) is 0.564. The van der Waals surface area contributed by atoms with Crippen molar-refractivity contribution in [2.24, 2.45) is 0 Å². The van der Waals surface area contributed by atoms with Crippen molar-refractivity contribution < 1.29 is 13.6 Å². The van der Waals surface area contributed by atoms with E-state index in [1.807, 2.05) is 0 Å². The number of thiazole rings is 1. The van der Waals surface area contributed by atoms with E-state index in [0.29, 0.717) is 22.0 Å². The molecule has 31 heavy (non-hydrogen) atoms. The van der Waals surface area contributed by atoms with Gasteiger partial charge in [-0.2, -0.15) is 0 Å². The van der Waals surface area contributed by atoms with Crippen molar-refractivity contribution in [3.8, 4) is 10.6 Å². The van der Waals surface area contributed by atoms with Crippen LogP contribution in [0, 0.1) is 11.6 Å². The minimum absolute atomic E-state index is 0.109. The number of amides is 1. The van der Waals surface area contributed by atoms with Crippen molar-refractivity contribution in [3.05, 3.63) is 76.8 Å². The lowest BCUT2D eigenvalue weighted by atomic mass is 9.99. The average Bonchev–Trinajstić information content (AvgIpc) is 3.44. The van der Waals surface area contributed by atoms with Crippen LogP contribution in [0.4, 0.5) is 8.78 Å². The van der Waals surface area contributed by atoms with Crippen LogP contribution in [0.2, 0.25) is 0 Å². The van der Waals surface area contributed by atoms with Crippen LogP contribution >= 0.6 is 11.3 Å². The van der Waals surface area contributed by atoms with Crippen LogP contribution in [-0.4, -0.2) is 35.4 Å². The molecule has 1 aliphatic rings. The molecule has 0 bridgehead atoms. The van der Waals surface area contributed by atoms with E-state index in [1.165, 1.54) is 35.7 Å². The molecule has 1 amide bonds. The molecule has 8 heteroatoms. The first kappa shape index (κ1) is 21.5. The van der Waals surface area contributed by atoms with Gasteiger partial charge < -0.3 is 4.90 Å². The third-order valence-electron chi connectivity index (χ3n) is 5.47. The molecule has 1 fully saturated rings. The van der Waals surface area contributed by atoms with Gasteiger partial charge in [0.25, 0.3) is 5.91 Å². The fourth-order valence-corrected chi connectivity index (χ4v) is 4.66. The van der Waals surface area contributed by atoms with Gasteiger partial charge in [-0.25, -0.2) is 13.8 Å². The summed E-state index contributed by atoms with van der Waals surface area (Å²) in [7, 11) is 1.77. The number of nitrogens with one attached hydrogen (secondary N) is 2. The Morgan fingerprint density at radius 2 is 1.94 bits per heavy atom. The van der Waals surface area contributed by atoms with Crippen LogP contribution in [0.25, 0.3) is 10.6 Å². The zero-order chi connectivity index (χ0) is 21.8. The molecule has 0 spiro atoms. The fraction of sp³-hybridized carbons (Fsp3) is 0.304. The number of carbonyl (C=O) groups excluding carboxylic acids is 1. The van der Waals surface area contributed by atoms with E-state index >= 15 is 0 Å². The lowest BCUT2D eigenvalue weighted by Gasteiger charge is -2.17. The van der Waals surface area contributed by atoms with E-state index in [2.05, 4.69) is 15.8 Å². The summed E-state index contributed by atoms with van der Waals surface area (Å²) in [4.78, 5) is 19.1. The van der Waals surface area contributed by atoms with Gasteiger partial charge in [-0.1, -0.05) is 24.3 Å². The number of hydrogen-bond donors (Lipinski definition) is 2. The first-order valence-corrected chi connectivity index (χ1v) is 11.1. The van der Waals surface area contributed by atoms with E-state index in [-0.39, 0.29) is 29.6 Å². The summed E-state index contributed by atoms with van der Waals surface area (Å²) in [6.07, 6.45) is 4.17. The highest BCUT2D eigenvalue weighted by Crippen LogP contribution is 2.28. The molecule has 2 aromatic carbocycles. The predicted molar refractivity (Wildman–Crippen MR) is 118 cm³/mol. The van der Waals surface area contributed by atoms with Gasteiger partial charge in [0.05, 0.1) is 6.20 Å². The Kier molecular flexibility index (Phi) is 6.70. The van der Waals surface area contributed by atoms with E-state index in [4.69, 9.17) is 0 Å². The van der Waals surface area contributed by atoms with Gasteiger partial charge in [0.15, 0.2) is 0 Å². The summed E-state index contributed by atoms with van der Waals surface area (Å²) in [5.41, 5.74) is 8.01. The average molecular weight is 443 g/mol. The molecule has 1 aromatic heterocycles. The van der Waals surface area contributed by atoms with Gasteiger partial charge in [-0.15, -0.1) is 11.3 Å². The minimum atomic E-state index is -0.346. The van der Waals surface area contributed by atoms with Crippen molar-refractivity contribution in [2.75, 3.05) is 13.6 Å². The molecule has 2 unspecified atom stereocenters. The van der Waals surface area contributed by atoms with E-state index in [0.717, 1.165) is 24.8 Å². The second kappa shape index (κ2) is 9.64. The SMILES string of the molecule is CN(CCCC1CC(c2ccc(F)cc2)NN1)C(=O)c1cnc(-c2ccccc2F)s1. The van der Waals surface area contributed by atoms with E-state index in [1.54, 1.807) is 42.3 Å². The number of aromatic nitrogens is 1. The summed E-state index contributed by atoms with van der Waals surface area (Å²) >= 11 is 1.20. The molecule has 0 radical (unpaired) electrons. The maximum Gasteiger partial charge on any atom is 0.265 e. The first-order chi connectivity index (χ1) is 15.0. The minimum Gasteiger partial charge on any atom is -0.341 e. The normalized spacial score (nSPS) is 18.3. The summed E-state index contributed by atoms with van der Waals surface area (Å²) in [6.45, 7) is 0.616. The smallest absolute Gasteiger partial charge is 0.265 e. The highest BCUT2D eigenvalue weighted by Gasteiger charge is 2.25. The molecule has 0 aliphatic carbocycles. The van der Waals surface area contributed by atoms with Crippen LogP contribution in [0.3, 0.4) is 0 Å². The molecule has 2 N–H and O–H groups in total. The van der Waals surface area contributed by atoms with Crippen molar-refractivity contribution in [1.82, 2.24) is 20.7 Å². The van der Waals surface area contributed by atoms with E-state index < -0.39 is 0 Å². The summed E-state index contributed by atoms with van der Waals surface area (Å²) in [6, 6.07) is 13.4. The molecule has 2 heterocycles. The maximum absolute atomic E-state index is 14.0. The first-order valence-electron chi connectivity index (χ1n) is 10.2. The number of hydrazine groups is 1. The topological polar surface area (TPSA) is 57.3 Å². The number of benzene rings is 2. The standard InChI is InChI=1S/C23H24F2N4OS/c1-29(23(30)21-14-26-22(31-21)18-6-2-3-7-19(18)25)12-4-5-17-13-20(28-27-17)15-8-10-16(24)11-9-15/h2-3,6-11,14,17,20,27-28H,4-5,12-13H2,1H3. The van der Waals surface area contributed by atoms with Crippen molar-refractivity contribution in [3.63, 3.8) is 0 Å². The zero-order valence-electron chi connectivity index (χ0n) is 17.1. The van der Waals surface area contributed by atoms with Gasteiger partial charge in [0.2, 0.25) is 0 Å². The third-order valence-corrected chi connectivity index (χ3v) is 6.49. The Labute approximate surface area is 184 Å². The van der Waals surface area contributed by atoms with Gasteiger partial charge >= 0.3 is 0 Å². The van der Waals surface area contributed by atoms with Crippen molar-refractivity contribution >= 4 is 17.2 Å². The highest BCUT2D eigenvalue weighted by atomic mass is 32.1. The molecule has 2 atom stereocenters. The lowest BCUT2D eigenvalue weighted by Crippen LogP contribution is -2.32. The summed E-state index contributed by atoms with van der Waals surface area (Å²) in [5, 5.41) is 0.503. The van der Waals surface area contributed by atoms with E-state index in [9.17, 15) is 13.6 Å². The molecule has 162 valence electrons. The van der Waals surface area contributed by atoms with Crippen LogP contribution < -0.4 is 10.9 Å². The summed E-state index contributed by atoms with van der Waals surface area (Å²) in [5.74, 6) is -0.691. The highest BCUT2D eigenvalue weighted by molar-refractivity contribution is 7.16. The number of carbonyl (C=O) groups is 1. The van der Waals surface area contributed by atoms with Crippen molar-refractivity contribution in [2.45, 2.75) is 31.3 Å². The second-order valence-electron chi connectivity index (χ2n) is 7.70. The van der Waals surface area contributed by atoms with Gasteiger partial charge in [0.1, 0.15) is 21.5 Å². The molecule has 5 nitrogen and oxygen atoms in total. The van der Waals surface area contributed by atoms with Gasteiger partial charge in [-0.05, 0) is 49.1 Å². The molecule has 3 aromatic rings. The number of nitrogens with zero attached hydrogens (tertiary/aromatic N) is 2. The predicted octanol–water partition coefficient (Wildman–Crippen LogP) is 4.55.